The number of carbonyl (C=O) groups excluding carboxylic acids is 1. The fourth-order valence-electron chi connectivity index (χ4n) is 1.89. The smallest absolute Gasteiger partial charge is 0.251 e. The van der Waals surface area contributed by atoms with Gasteiger partial charge >= 0.3 is 0 Å². The number of hydrogen-bond acceptors (Lipinski definition) is 3. The molecule has 1 atom stereocenters. The molecule has 1 heterocycles. The maximum atomic E-state index is 12.1. The monoisotopic (exact) mass is 263 g/mol. The predicted octanol–water partition coefficient (Wildman–Crippen LogP) is 2.78. The lowest BCUT2D eigenvalue weighted by Gasteiger charge is -2.15. The summed E-state index contributed by atoms with van der Waals surface area (Å²) in [5.41, 5.74) is 7.16. The van der Waals surface area contributed by atoms with E-state index in [0.29, 0.717) is 17.3 Å². The summed E-state index contributed by atoms with van der Waals surface area (Å²) in [5, 5.41) is 3.01. The Morgan fingerprint density at radius 1 is 1.32 bits per heavy atom. The van der Waals surface area contributed by atoms with E-state index >= 15 is 0 Å². The van der Waals surface area contributed by atoms with Gasteiger partial charge in [0, 0.05) is 17.3 Å². The first kappa shape index (κ1) is 15.5. The highest BCUT2D eigenvalue weighted by Crippen LogP contribution is 2.10. The van der Waals surface area contributed by atoms with Crippen molar-refractivity contribution in [1.82, 2.24) is 10.3 Å². The molecule has 1 amide bonds. The van der Waals surface area contributed by atoms with Crippen LogP contribution in [0.3, 0.4) is 0 Å². The lowest BCUT2D eigenvalue weighted by atomic mass is 10.0. The highest BCUT2D eigenvalue weighted by atomic mass is 16.1. The van der Waals surface area contributed by atoms with Gasteiger partial charge in [0.15, 0.2) is 0 Å². The van der Waals surface area contributed by atoms with E-state index in [1.54, 1.807) is 12.1 Å². The van der Waals surface area contributed by atoms with Crippen LogP contribution in [0.1, 0.15) is 56.6 Å². The first-order valence-electron chi connectivity index (χ1n) is 6.99. The molecule has 0 spiro atoms. The van der Waals surface area contributed by atoms with E-state index in [4.69, 9.17) is 5.73 Å². The molecule has 0 fully saturated rings. The second-order valence-electron chi connectivity index (χ2n) is 5.47. The van der Waals surface area contributed by atoms with Crippen molar-refractivity contribution in [2.24, 2.45) is 5.92 Å². The first-order chi connectivity index (χ1) is 8.92. The summed E-state index contributed by atoms with van der Waals surface area (Å²) >= 11 is 0. The molecule has 19 heavy (non-hydrogen) atoms. The first-order valence-corrected chi connectivity index (χ1v) is 6.99. The fourth-order valence-corrected chi connectivity index (χ4v) is 1.89. The second kappa shape index (κ2) is 7.12. The number of aryl methyl sites for hydroxylation is 1. The summed E-state index contributed by atoms with van der Waals surface area (Å²) in [7, 11) is 0. The molecule has 0 saturated carbocycles. The van der Waals surface area contributed by atoms with Gasteiger partial charge in [0.2, 0.25) is 0 Å². The topological polar surface area (TPSA) is 68.0 Å². The van der Waals surface area contributed by atoms with Gasteiger partial charge in [-0.3, -0.25) is 4.79 Å². The predicted molar refractivity (Wildman–Crippen MR) is 79.0 cm³/mol. The van der Waals surface area contributed by atoms with E-state index in [1.807, 2.05) is 13.8 Å². The molecule has 0 aliphatic carbocycles. The van der Waals surface area contributed by atoms with Gasteiger partial charge in [-0.1, -0.05) is 20.8 Å². The van der Waals surface area contributed by atoms with E-state index in [2.05, 4.69) is 24.1 Å². The molecule has 0 aliphatic heterocycles. The van der Waals surface area contributed by atoms with Crippen LogP contribution in [0.25, 0.3) is 0 Å². The zero-order valence-corrected chi connectivity index (χ0v) is 12.4. The SMILES string of the molecule is CCc1cc(C(=O)NC(C)CCC(C)C)cc(N)n1. The number of nitrogen functional groups attached to an aromatic ring is 1. The number of aromatic nitrogens is 1. The highest BCUT2D eigenvalue weighted by molar-refractivity contribution is 5.95. The van der Waals surface area contributed by atoms with Crippen LogP contribution < -0.4 is 11.1 Å². The molecule has 4 heteroatoms. The third kappa shape index (κ3) is 5.28. The summed E-state index contributed by atoms with van der Waals surface area (Å²) in [4.78, 5) is 16.3. The third-order valence-electron chi connectivity index (χ3n) is 3.08. The molecular weight excluding hydrogens is 238 g/mol. The van der Waals surface area contributed by atoms with Gasteiger partial charge in [0.05, 0.1) is 0 Å². The molecule has 106 valence electrons. The Bertz CT molecular complexity index is 429. The number of anilines is 1. The van der Waals surface area contributed by atoms with Crippen LogP contribution in [0.5, 0.6) is 0 Å². The third-order valence-corrected chi connectivity index (χ3v) is 3.08. The number of nitrogens with one attached hydrogen (secondary N) is 1. The lowest BCUT2D eigenvalue weighted by Crippen LogP contribution is -2.32. The summed E-state index contributed by atoms with van der Waals surface area (Å²) in [6.45, 7) is 8.40. The molecule has 1 aromatic rings. The molecule has 1 aromatic heterocycles. The van der Waals surface area contributed by atoms with Gasteiger partial charge in [-0.25, -0.2) is 4.98 Å². The molecule has 3 N–H and O–H groups in total. The van der Waals surface area contributed by atoms with E-state index in [-0.39, 0.29) is 11.9 Å². The van der Waals surface area contributed by atoms with Crippen molar-refractivity contribution >= 4 is 11.7 Å². The standard InChI is InChI=1S/C15H25N3O/c1-5-13-8-12(9-14(16)18-13)15(19)17-11(4)7-6-10(2)3/h8-11H,5-7H2,1-4H3,(H2,16,18)(H,17,19). The van der Waals surface area contributed by atoms with E-state index < -0.39 is 0 Å². The number of pyridine rings is 1. The Balaban J connectivity index is 2.64. The van der Waals surface area contributed by atoms with E-state index in [9.17, 15) is 4.79 Å². The van der Waals surface area contributed by atoms with Gasteiger partial charge in [0.25, 0.3) is 5.91 Å². The number of nitrogens with zero attached hydrogens (tertiary/aromatic N) is 1. The Labute approximate surface area is 115 Å². The fraction of sp³-hybridized carbons (Fsp3) is 0.600. The second-order valence-corrected chi connectivity index (χ2v) is 5.47. The van der Waals surface area contributed by atoms with Gasteiger partial charge in [-0.15, -0.1) is 0 Å². The Morgan fingerprint density at radius 2 is 2.00 bits per heavy atom. The average molecular weight is 263 g/mol. The van der Waals surface area contributed by atoms with Crippen molar-refractivity contribution in [2.45, 2.75) is 53.0 Å². The van der Waals surface area contributed by atoms with Crippen molar-refractivity contribution in [1.29, 1.82) is 0 Å². The van der Waals surface area contributed by atoms with Crippen molar-refractivity contribution in [3.8, 4) is 0 Å². The van der Waals surface area contributed by atoms with Crippen molar-refractivity contribution in [3.05, 3.63) is 23.4 Å². The maximum absolute atomic E-state index is 12.1. The minimum atomic E-state index is -0.0694. The van der Waals surface area contributed by atoms with E-state index in [1.165, 1.54) is 0 Å². The van der Waals surface area contributed by atoms with Gasteiger partial charge in [-0.05, 0) is 44.2 Å². The molecule has 0 aromatic carbocycles. The number of hydrogen-bond donors (Lipinski definition) is 2. The molecule has 0 aliphatic rings. The molecular formula is C15H25N3O. The maximum Gasteiger partial charge on any atom is 0.251 e. The molecule has 4 nitrogen and oxygen atoms in total. The average Bonchev–Trinajstić information content (AvgIpc) is 2.35. The normalized spacial score (nSPS) is 12.5. The quantitative estimate of drug-likeness (QED) is 0.829. The minimum absolute atomic E-state index is 0.0694. The number of carbonyl (C=O) groups is 1. The van der Waals surface area contributed by atoms with Crippen molar-refractivity contribution < 1.29 is 4.79 Å². The Kier molecular flexibility index (Phi) is 5.80. The zero-order chi connectivity index (χ0) is 14.4. The summed E-state index contributed by atoms with van der Waals surface area (Å²) < 4.78 is 0. The zero-order valence-electron chi connectivity index (χ0n) is 12.4. The van der Waals surface area contributed by atoms with Crippen LogP contribution in [-0.2, 0) is 6.42 Å². The van der Waals surface area contributed by atoms with Crippen LogP contribution in [0, 0.1) is 5.92 Å². The molecule has 0 bridgehead atoms. The van der Waals surface area contributed by atoms with Crippen LogP contribution in [0.15, 0.2) is 12.1 Å². The lowest BCUT2D eigenvalue weighted by molar-refractivity contribution is 0.0937. The van der Waals surface area contributed by atoms with Crippen LogP contribution >= 0.6 is 0 Å². The molecule has 1 unspecified atom stereocenters. The van der Waals surface area contributed by atoms with Crippen LogP contribution in [-0.4, -0.2) is 16.9 Å². The van der Waals surface area contributed by atoms with E-state index in [0.717, 1.165) is 25.0 Å². The Hall–Kier alpha value is -1.58. The number of rotatable bonds is 6. The molecule has 0 radical (unpaired) electrons. The number of amides is 1. The van der Waals surface area contributed by atoms with Gasteiger partial charge in [0.1, 0.15) is 5.82 Å². The summed E-state index contributed by atoms with van der Waals surface area (Å²) in [5.74, 6) is 0.988. The summed E-state index contributed by atoms with van der Waals surface area (Å²) in [6.07, 6.45) is 2.87. The molecule has 1 rings (SSSR count). The highest BCUT2D eigenvalue weighted by Gasteiger charge is 2.12. The Morgan fingerprint density at radius 3 is 2.58 bits per heavy atom. The van der Waals surface area contributed by atoms with Gasteiger partial charge in [-0.2, -0.15) is 0 Å². The van der Waals surface area contributed by atoms with Gasteiger partial charge < -0.3 is 11.1 Å². The summed E-state index contributed by atoms with van der Waals surface area (Å²) in [6, 6.07) is 3.61. The van der Waals surface area contributed by atoms with Crippen LogP contribution in [0.2, 0.25) is 0 Å². The van der Waals surface area contributed by atoms with Crippen LogP contribution in [0.4, 0.5) is 5.82 Å². The largest absolute Gasteiger partial charge is 0.384 e. The molecule has 0 saturated heterocycles. The van der Waals surface area contributed by atoms with Crippen molar-refractivity contribution in [2.75, 3.05) is 5.73 Å². The number of nitrogens with two attached hydrogens (primary N) is 1. The minimum Gasteiger partial charge on any atom is -0.384 e. The van der Waals surface area contributed by atoms with Crippen molar-refractivity contribution in [3.63, 3.8) is 0 Å².